The number of rotatable bonds is 7. The fraction of sp³-hybridized carbons (Fsp3) is 0.312. The number of hydrogen-bond acceptors (Lipinski definition) is 5. The number of nitrogens with zero attached hydrogens (tertiary/aromatic N) is 1. The Labute approximate surface area is 174 Å². The summed E-state index contributed by atoms with van der Waals surface area (Å²) in [7, 11) is 0. The molecule has 0 spiro atoms. The van der Waals surface area contributed by atoms with Gasteiger partial charge in [-0.05, 0) is 6.07 Å². The van der Waals surface area contributed by atoms with E-state index in [-0.39, 0.29) is 17.0 Å². The minimum atomic E-state index is -3.42. The highest BCUT2D eigenvalue weighted by Crippen LogP contribution is 2.35. The molecule has 3 rings (SSSR count). The molecule has 7 nitrogen and oxygen atoms in total. The first kappa shape index (κ1) is 22.0. The lowest BCUT2D eigenvalue weighted by atomic mass is 10.0. The van der Waals surface area contributed by atoms with Crippen LogP contribution in [0, 0.1) is 11.6 Å². The van der Waals surface area contributed by atoms with Gasteiger partial charge in [-0.2, -0.15) is 4.39 Å². The fourth-order valence-electron chi connectivity index (χ4n) is 2.53. The largest absolute Gasteiger partial charge is 0.429 e. The van der Waals surface area contributed by atoms with Gasteiger partial charge in [0.25, 0.3) is 5.19 Å². The van der Waals surface area contributed by atoms with Crippen LogP contribution in [0.15, 0.2) is 18.3 Å². The summed E-state index contributed by atoms with van der Waals surface area (Å²) < 4.78 is 70.3. The summed E-state index contributed by atoms with van der Waals surface area (Å²) in [6.07, 6.45) is -5.31. The molecular weight excluding hydrogens is 459 g/mol. The Hall–Kier alpha value is -2.67. The molecule has 1 fully saturated rings. The van der Waals surface area contributed by atoms with Crippen molar-refractivity contribution < 1.29 is 36.3 Å². The minimum Gasteiger partial charge on any atom is -0.429 e. The fourth-order valence-corrected chi connectivity index (χ4v) is 3.56. The highest BCUT2D eigenvalue weighted by Gasteiger charge is 2.32. The summed E-state index contributed by atoms with van der Waals surface area (Å²) in [4.78, 5) is 27.4. The Morgan fingerprint density at radius 2 is 2.07 bits per heavy atom. The molecule has 2 aromatic rings. The first-order chi connectivity index (χ1) is 14.2. The predicted octanol–water partition coefficient (Wildman–Crippen LogP) is 2.90. The molecule has 0 bridgehead atoms. The Balaban J connectivity index is 1.92. The molecule has 1 aromatic heterocycles. The summed E-state index contributed by atoms with van der Waals surface area (Å²) in [6, 6.07) is -1.00. The van der Waals surface area contributed by atoms with Gasteiger partial charge in [0.2, 0.25) is 5.91 Å². The van der Waals surface area contributed by atoms with Crippen molar-refractivity contribution in [3.63, 3.8) is 0 Å². The van der Waals surface area contributed by atoms with Crippen LogP contribution in [0.4, 0.5) is 26.7 Å². The SMILES string of the molecule is O=C1NCC(C(=O)N[C@H](c2cnc(OC(F)C(F)F)s2)c2ccc(F)c(Cl)c2F)N1. The van der Waals surface area contributed by atoms with Crippen LogP contribution in [-0.2, 0) is 4.79 Å². The molecule has 14 heteroatoms. The van der Waals surface area contributed by atoms with Gasteiger partial charge in [0.15, 0.2) is 0 Å². The van der Waals surface area contributed by atoms with Gasteiger partial charge in [-0.3, -0.25) is 4.79 Å². The molecule has 162 valence electrons. The highest BCUT2D eigenvalue weighted by atomic mass is 35.5. The number of thiazole rings is 1. The summed E-state index contributed by atoms with van der Waals surface area (Å²) >= 11 is 6.16. The molecule has 2 unspecified atom stereocenters. The van der Waals surface area contributed by atoms with Crippen molar-refractivity contribution in [2.45, 2.75) is 24.9 Å². The number of alkyl halides is 3. The van der Waals surface area contributed by atoms with Crippen molar-refractivity contribution in [1.82, 2.24) is 20.9 Å². The molecule has 1 aromatic carbocycles. The van der Waals surface area contributed by atoms with Crippen LogP contribution in [0.1, 0.15) is 16.5 Å². The topological polar surface area (TPSA) is 92.4 Å². The van der Waals surface area contributed by atoms with Crippen molar-refractivity contribution in [1.29, 1.82) is 0 Å². The molecule has 0 radical (unpaired) electrons. The van der Waals surface area contributed by atoms with Gasteiger partial charge in [-0.1, -0.05) is 29.0 Å². The molecule has 1 aliphatic heterocycles. The van der Waals surface area contributed by atoms with Gasteiger partial charge in [0.05, 0.1) is 10.9 Å². The number of hydrogen-bond donors (Lipinski definition) is 3. The molecule has 30 heavy (non-hydrogen) atoms. The number of urea groups is 1. The Morgan fingerprint density at radius 3 is 2.70 bits per heavy atom. The average molecular weight is 471 g/mol. The number of nitrogens with one attached hydrogen (secondary N) is 3. The van der Waals surface area contributed by atoms with E-state index >= 15 is 0 Å². The monoisotopic (exact) mass is 470 g/mol. The molecule has 0 aliphatic carbocycles. The molecule has 3 amide bonds. The summed E-state index contributed by atoms with van der Waals surface area (Å²) in [6.45, 7) is -0.0426. The first-order valence-electron chi connectivity index (χ1n) is 8.20. The van der Waals surface area contributed by atoms with Crippen LogP contribution >= 0.6 is 22.9 Å². The standard InChI is InChI=1S/C16H12ClF5N4O3S/c17-9-6(18)2-1-5(10(9)19)11(26-14(27)7-3-23-15(28)25-7)8-4-24-16(30-8)29-13(22)12(20)21/h1-2,4,7,11-13H,3H2,(H,26,27)(H2,23,25,28)/t7?,11-,13?/m0/s1. The van der Waals surface area contributed by atoms with Gasteiger partial charge in [0.1, 0.15) is 22.7 Å². The van der Waals surface area contributed by atoms with E-state index < -0.39 is 58.7 Å². The van der Waals surface area contributed by atoms with Gasteiger partial charge in [-0.15, -0.1) is 0 Å². The third-order valence-corrected chi connectivity index (χ3v) is 5.25. The lowest BCUT2D eigenvalue weighted by Crippen LogP contribution is -2.44. The normalized spacial score (nSPS) is 18.0. The van der Waals surface area contributed by atoms with E-state index in [1.165, 1.54) is 0 Å². The minimum absolute atomic E-state index is 0.0426. The predicted molar refractivity (Wildman–Crippen MR) is 95.3 cm³/mol. The quantitative estimate of drug-likeness (QED) is 0.428. The zero-order valence-corrected chi connectivity index (χ0v) is 16.2. The second-order valence-electron chi connectivity index (χ2n) is 5.95. The van der Waals surface area contributed by atoms with Crippen LogP contribution in [0.2, 0.25) is 5.02 Å². The molecule has 0 saturated carbocycles. The molecule has 2 heterocycles. The maximum Gasteiger partial charge on any atom is 0.315 e. The molecule has 1 saturated heterocycles. The number of aromatic nitrogens is 1. The van der Waals surface area contributed by atoms with Gasteiger partial charge < -0.3 is 20.7 Å². The number of ether oxygens (including phenoxy) is 1. The van der Waals surface area contributed by atoms with Crippen molar-refractivity contribution in [2.75, 3.05) is 6.54 Å². The molecule has 3 atom stereocenters. The second kappa shape index (κ2) is 9.00. The van der Waals surface area contributed by atoms with Gasteiger partial charge in [-0.25, -0.2) is 27.3 Å². The van der Waals surface area contributed by atoms with Crippen LogP contribution < -0.4 is 20.7 Å². The Morgan fingerprint density at radius 1 is 1.33 bits per heavy atom. The average Bonchev–Trinajstić information content (AvgIpc) is 3.34. The second-order valence-corrected chi connectivity index (χ2v) is 7.35. The smallest absolute Gasteiger partial charge is 0.315 e. The van der Waals surface area contributed by atoms with Gasteiger partial charge >= 0.3 is 18.8 Å². The van der Waals surface area contributed by atoms with E-state index in [9.17, 15) is 31.5 Å². The Kier molecular flexibility index (Phi) is 6.61. The molecule has 3 N–H and O–H groups in total. The number of halogens is 6. The van der Waals surface area contributed by atoms with E-state index in [0.29, 0.717) is 11.3 Å². The van der Waals surface area contributed by atoms with Crippen molar-refractivity contribution in [3.8, 4) is 5.19 Å². The maximum atomic E-state index is 14.6. The first-order valence-corrected chi connectivity index (χ1v) is 9.39. The molecule has 1 aliphatic rings. The number of benzene rings is 1. The number of carbonyl (C=O) groups is 2. The summed E-state index contributed by atoms with van der Waals surface area (Å²) in [5, 5.41) is 5.82. The van der Waals surface area contributed by atoms with Crippen LogP contribution in [-0.4, -0.2) is 42.3 Å². The van der Waals surface area contributed by atoms with Crippen LogP contribution in [0.5, 0.6) is 5.19 Å². The van der Waals surface area contributed by atoms with E-state index in [2.05, 4.69) is 25.7 Å². The highest BCUT2D eigenvalue weighted by molar-refractivity contribution is 7.13. The maximum absolute atomic E-state index is 14.6. The van der Waals surface area contributed by atoms with E-state index in [4.69, 9.17) is 11.6 Å². The lowest BCUT2D eigenvalue weighted by molar-refractivity contribution is -0.122. The lowest BCUT2D eigenvalue weighted by Gasteiger charge is -2.20. The zero-order valence-electron chi connectivity index (χ0n) is 14.6. The van der Waals surface area contributed by atoms with E-state index in [1.807, 2.05) is 0 Å². The Bertz CT molecular complexity index is 963. The van der Waals surface area contributed by atoms with Crippen molar-refractivity contribution in [3.05, 3.63) is 45.4 Å². The number of carbonyl (C=O) groups excluding carboxylic acids is 2. The van der Waals surface area contributed by atoms with E-state index in [0.717, 1.165) is 18.3 Å². The van der Waals surface area contributed by atoms with Crippen molar-refractivity contribution >= 4 is 34.9 Å². The van der Waals surface area contributed by atoms with Crippen molar-refractivity contribution in [2.24, 2.45) is 0 Å². The van der Waals surface area contributed by atoms with E-state index in [1.54, 1.807) is 0 Å². The number of amides is 3. The summed E-state index contributed by atoms with van der Waals surface area (Å²) in [5.74, 6) is -2.95. The zero-order chi connectivity index (χ0) is 22.0. The summed E-state index contributed by atoms with van der Waals surface area (Å²) in [5.41, 5.74) is -0.270. The third kappa shape index (κ3) is 4.73. The molecular formula is C16H12ClF5N4O3S. The third-order valence-electron chi connectivity index (χ3n) is 3.95. The van der Waals surface area contributed by atoms with Crippen LogP contribution in [0.3, 0.4) is 0 Å². The van der Waals surface area contributed by atoms with Gasteiger partial charge in [0, 0.05) is 18.3 Å². The van der Waals surface area contributed by atoms with Crippen LogP contribution in [0.25, 0.3) is 0 Å².